The fraction of sp³-hybridized carbons (Fsp3) is 0.857. The minimum Gasteiger partial charge on any atom is -0.236 e. The van der Waals surface area contributed by atoms with Crippen LogP contribution in [-0.4, -0.2) is 23.4 Å². The summed E-state index contributed by atoms with van der Waals surface area (Å²) in [6.45, 7) is 3.46. The second kappa shape index (κ2) is 5.80. The zero-order chi connectivity index (χ0) is 14.7. The van der Waals surface area contributed by atoms with Gasteiger partial charge in [0, 0.05) is 0 Å². The third kappa shape index (κ3) is 2.65. The van der Waals surface area contributed by atoms with Crippen LogP contribution in [0.4, 0.5) is 22.0 Å². The third-order valence-corrected chi connectivity index (χ3v) is 3.83. The van der Waals surface area contributed by atoms with Gasteiger partial charge >= 0.3 is 5.92 Å². The molecule has 0 heterocycles. The first-order valence-corrected chi connectivity index (χ1v) is 6.84. The predicted molar refractivity (Wildman–Crippen MR) is 65.7 cm³/mol. The quantitative estimate of drug-likeness (QED) is 0.457. The fourth-order valence-electron chi connectivity index (χ4n) is 2.50. The molecule has 3 atom stereocenters. The topological polar surface area (TPSA) is 0 Å². The van der Waals surface area contributed by atoms with Crippen LogP contribution in [0.1, 0.15) is 52.4 Å². The van der Waals surface area contributed by atoms with Gasteiger partial charge in [-0.1, -0.05) is 39.5 Å². The van der Waals surface area contributed by atoms with E-state index in [1.165, 1.54) is 0 Å². The Labute approximate surface area is 111 Å². The second-order valence-electron chi connectivity index (χ2n) is 5.25. The smallest absolute Gasteiger partial charge is 0.236 e. The summed E-state index contributed by atoms with van der Waals surface area (Å²) < 4.78 is 70.4. The Morgan fingerprint density at radius 3 is 2.00 bits per heavy atom. The maximum absolute atomic E-state index is 14.7. The van der Waals surface area contributed by atoms with Crippen molar-refractivity contribution in [2.75, 3.05) is 0 Å². The average molecular weight is 284 g/mol. The first-order chi connectivity index (χ1) is 8.75. The van der Waals surface area contributed by atoms with Crippen LogP contribution in [0, 0.1) is 0 Å². The van der Waals surface area contributed by atoms with Crippen LogP contribution < -0.4 is 0 Å². The molecule has 0 aromatic rings. The van der Waals surface area contributed by atoms with Crippen molar-refractivity contribution in [1.82, 2.24) is 0 Å². The number of hydrogen-bond donors (Lipinski definition) is 0. The number of hydrogen-bond acceptors (Lipinski definition) is 0. The van der Waals surface area contributed by atoms with Crippen LogP contribution in [0.25, 0.3) is 0 Å². The summed E-state index contributed by atoms with van der Waals surface area (Å²) in [5.41, 5.74) is -6.25. The second-order valence-corrected chi connectivity index (χ2v) is 5.25. The molecule has 0 amide bonds. The molecule has 0 aromatic carbocycles. The zero-order valence-electron chi connectivity index (χ0n) is 11.4. The van der Waals surface area contributed by atoms with Crippen LogP contribution in [0.5, 0.6) is 0 Å². The molecule has 5 heteroatoms. The molecule has 0 aromatic heterocycles. The summed E-state index contributed by atoms with van der Waals surface area (Å²) in [5, 5.41) is 0. The zero-order valence-corrected chi connectivity index (χ0v) is 11.4. The minimum absolute atomic E-state index is 0.102. The van der Waals surface area contributed by atoms with Crippen molar-refractivity contribution < 1.29 is 22.0 Å². The molecule has 0 spiro atoms. The molecule has 0 radical (unpaired) electrons. The number of halogens is 5. The summed E-state index contributed by atoms with van der Waals surface area (Å²) in [7, 11) is 0. The summed E-state index contributed by atoms with van der Waals surface area (Å²) in [6.07, 6.45) is -1.25. The normalized spacial score (nSPS) is 37.5. The molecule has 0 saturated carbocycles. The molecule has 112 valence electrons. The van der Waals surface area contributed by atoms with E-state index >= 15 is 0 Å². The molecule has 19 heavy (non-hydrogen) atoms. The molecule has 0 fully saturated rings. The van der Waals surface area contributed by atoms with E-state index in [4.69, 9.17) is 0 Å². The Morgan fingerprint density at radius 2 is 1.47 bits per heavy atom. The van der Waals surface area contributed by atoms with Crippen LogP contribution in [0.2, 0.25) is 0 Å². The molecular weight excluding hydrogens is 263 g/mol. The van der Waals surface area contributed by atoms with Crippen molar-refractivity contribution in [1.29, 1.82) is 0 Å². The first kappa shape index (κ1) is 16.4. The van der Waals surface area contributed by atoms with Gasteiger partial charge in [0.25, 0.3) is 0 Å². The summed E-state index contributed by atoms with van der Waals surface area (Å²) in [4.78, 5) is 0. The van der Waals surface area contributed by atoms with Crippen LogP contribution in [0.15, 0.2) is 12.2 Å². The highest BCUT2D eigenvalue weighted by atomic mass is 19.3. The summed E-state index contributed by atoms with van der Waals surface area (Å²) >= 11 is 0. The van der Waals surface area contributed by atoms with Crippen molar-refractivity contribution in [2.24, 2.45) is 0 Å². The van der Waals surface area contributed by atoms with E-state index < -0.39 is 29.9 Å². The standard InChI is InChI=1S/C14H21F5/c1-3-5-8-12(16)10-7-11(15)14(18,19)13(12,17)9-6-4-2/h7,10-11H,3-6,8-9H2,1-2H3. The van der Waals surface area contributed by atoms with E-state index in [9.17, 15) is 22.0 Å². The van der Waals surface area contributed by atoms with E-state index in [0.29, 0.717) is 25.0 Å². The van der Waals surface area contributed by atoms with E-state index in [1.807, 2.05) is 0 Å². The lowest BCUT2D eigenvalue weighted by Gasteiger charge is -2.46. The number of allylic oxidation sites excluding steroid dienone is 2. The number of rotatable bonds is 6. The highest BCUT2D eigenvalue weighted by molar-refractivity contribution is 5.26. The molecule has 0 bridgehead atoms. The number of alkyl halides is 5. The van der Waals surface area contributed by atoms with Crippen molar-refractivity contribution in [2.45, 2.75) is 75.8 Å². The van der Waals surface area contributed by atoms with E-state index in [-0.39, 0.29) is 19.3 Å². The lowest BCUT2D eigenvalue weighted by atomic mass is 9.70. The SMILES string of the molecule is CCCCC1(F)C=CC(F)C(F)(F)C1(F)CCCC. The Morgan fingerprint density at radius 1 is 0.947 bits per heavy atom. The monoisotopic (exact) mass is 284 g/mol. The number of unbranched alkanes of at least 4 members (excludes halogenated alkanes) is 2. The molecule has 3 unspecified atom stereocenters. The Kier molecular flexibility index (Phi) is 5.02. The van der Waals surface area contributed by atoms with Crippen LogP contribution in [-0.2, 0) is 0 Å². The Balaban J connectivity index is 3.15. The van der Waals surface area contributed by atoms with Gasteiger partial charge in [-0.3, -0.25) is 0 Å². The minimum atomic E-state index is -4.32. The van der Waals surface area contributed by atoms with Crippen molar-refractivity contribution in [3.8, 4) is 0 Å². The average Bonchev–Trinajstić information content (AvgIpc) is 2.37. The first-order valence-electron chi connectivity index (χ1n) is 6.84. The van der Waals surface area contributed by atoms with Gasteiger partial charge in [-0.2, -0.15) is 8.78 Å². The highest BCUT2D eigenvalue weighted by Gasteiger charge is 2.71. The fourth-order valence-corrected chi connectivity index (χ4v) is 2.50. The van der Waals surface area contributed by atoms with Crippen molar-refractivity contribution in [3.63, 3.8) is 0 Å². The lowest BCUT2D eigenvalue weighted by molar-refractivity contribution is -0.225. The molecule has 0 nitrogen and oxygen atoms in total. The molecule has 1 aliphatic rings. The Hall–Kier alpha value is -0.610. The largest absolute Gasteiger partial charge is 0.318 e. The van der Waals surface area contributed by atoms with Gasteiger partial charge in [0.15, 0.2) is 11.8 Å². The molecule has 0 aliphatic heterocycles. The van der Waals surface area contributed by atoms with E-state index in [1.54, 1.807) is 13.8 Å². The van der Waals surface area contributed by atoms with Gasteiger partial charge < -0.3 is 0 Å². The molecule has 1 rings (SSSR count). The van der Waals surface area contributed by atoms with E-state index in [0.717, 1.165) is 0 Å². The third-order valence-electron chi connectivity index (χ3n) is 3.83. The molecule has 0 saturated heterocycles. The maximum atomic E-state index is 14.7. The summed E-state index contributed by atoms with van der Waals surface area (Å²) in [5.74, 6) is -4.32. The van der Waals surface area contributed by atoms with Crippen molar-refractivity contribution in [3.05, 3.63) is 12.2 Å². The lowest BCUT2D eigenvalue weighted by Crippen LogP contribution is -2.64. The van der Waals surface area contributed by atoms with Crippen LogP contribution in [0.3, 0.4) is 0 Å². The predicted octanol–water partition coefficient (Wildman–Crippen LogP) is 5.33. The van der Waals surface area contributed by atoms with Gasteiger partial charge in [0.05, 0.1) is 0 Å². The summed E-state index contributed by atoms with van der Waals surface area (Å²) in [6, 6.07) is 0. The van der Waals surface area contributed by atoms with Gasteiger partial charge in [0.1, 0.15) is 0 Å². The van der Waals surface area contributed by atoms with Crippen molar-refractivity contribution >= 4 is 0 Å². The molecule has 0 N–H and O–H groups in total. The maximum Gasteiger partial charge on any atom is 0.318 e. The van der Waals surface area contributed by atoms with Crippen LogP contribution >= 0.6 is 0 Å². The van der Waals surface area contributed by atoms with E-state index in [2.05, 4.69) is 0 Å². The molecular formula is C14H21F5. The Bertz CT molecular complexity index is 328. The van der Waals surface area contributed by atoms with Gasteiger partial charge in [-0.05, 0) is 25.0 Å². The van der Waals surface area contributed by atoms with Gasteiger partial charge in [0.2, 0.25) is 5.67 Å². The highest BCUT2D eigenvalue weighted by Crippen LogP contribution is 2.54. The van der Waals surface area contributed by atoms with Gasteiger partial charge in [-0.15, -0.1) is 0 Å². The molecule has 1 aliphatic carbocycles. The van der Waals surface area contributed by atoms with Gasteiger partial charge in [-0.25, -0.2) is 13.2 Å².